The van der Waals surface area contributed by atoms with Crippen LogP contribution in [0.15, 0.2) is 212 Å². The molecule has 1 nitrogen and oxygen atoms in total. The van der Waals surface area contributed by atoms with Crippen molar-refractivity contribution in [3.8, 4) is 55.6 Å². The minimum Gasteiger partial charge on any atom is -0.310 e. The van der Waals surface area contributed by atoms with Crippen molar-refractivity contribution in [1.82, 2.24) is 0 Å². The van der Waals surface area contributed by atoms with E-state index in [1.54, 1.807) is 0 Å². The van der Waals surface area contributed by atoms with Gasteiger partial charge in [-0.3, -0.25) is 0 Å². The monoisotopic (exact) mass is 751 g/mol. The van der Waals surface area contributed by atoms with Gasteiger partial charge in [-0.25, -0.2) is 0 Å². The van der Waals surface area contributed by atoms with Gasteiger partial charge in [0.25, 0.3) is 0 Å². The van der Waals surface area contributed by atoms with Gasteiger partial charge in [-0.15, -0.1) is 0 Å². The van der Waals surface area contributed by atoms with Gasteiger partial charge in [-0.1, -0.05) is 190 Å². The van der Waals surface area contributed by atoms with Crippen molar-refractivity contribution in [3.63, 3.8) is 0 Å². The lowest BCUT2D eigenvalue weighted by atomic mass is 9.68. The Morgan fingerprint density at radius 2 is 0.695 bits per heavy atom. The lowest BCUT2D eigenvalue weighted by Gasteiger charge is -2.32. The van der Waals surface area contributed by atoms with Crippen molar-refractivity contribution in [3.05, 3.63) is 246 Å². The van der Waals surface area contributed by atoms with E-state index in [4.69, 9.17) is 0 Å². The normalized spacial score (nSPS) is 14.2. The molecule has 0 aromatic heterocycles. The number of hydrogen-bond acceptors (Lipinski definition) is 1. The van der Waals surface area contributed by atoms with Crippen LogP contribution in [-0.4, -0.2) is 0 Å². The van der Waals surface area contributed by atoms with Gasteiger partial charge in [-0.2, -0.15) is 0 Å². The maximum Gasteiger partial charge on any atom is 0.0731 e. The highest BCUT2D eigenvalue weighted by molar-refractivity contribution is 5.99. The molecule has 0 saturated carbocycles. The Kier molecular flexibility index (Phi) is 7.26. The fraction of sp³-hybridized carbons (Fsp3) is 0.0690. The molecule has 278 valence electrons. The van der Waals surface area contributed by atoms with E-state index in [0.717, 1.165) is 17.1 Å². The predicted octanol–water partition coefficient (Wildman–Crippen LogP) is 15.1. The molecular formula is C58H41N. The van der Waals surface area contributed by atoms with Crippen LogP contribution in [0, 0.1) is 0 Å². The molecule has 0 fully saturated rings. The van der Waals surface area contributed by atoms with Crippen molar-refractivity contribution >= 4 is 17.1 Å². The van der Waals surface area contributed by atoms with Gasteiger partial charge in [0.15, 0.2) is 0 Å². The number of benzene rings is 9. The van der Waals surface area contributed by atoms with Gasteiger partial charge in [0.05, 0.1) is 5.41 Å². The molecule has 0 N–H and O–H groups in total. The summed E-state index contributed by atoms with van der Waals surface area (Å²) in [5.41, 5.74) is 24.1. The average molecular weight is 752 g/mol. The first kappa shape index (κ1) is 33.9. The number of anilines is 3. The zero-order chi connectivity index (χ0) is 39.3. The van der Waals surface area contributed by atoms with Crippen LogP contribution in [0.25, 0.3) is 55.6 Å². The summed E-state index contributed by atoms with van der Waals surface area (Å²) < 4.78 is 0. The van der Waals surface area contributed by atoms with Crippen LogP contribution >= 0.6 is 0 Å². The molecule has 1 heteroatoms. The second-order valence-electron chi connectivity index (χ2n) is 16.8. The Balaban J connectivity index is 0.928. The summed E-state index contributed by atoms with van der Waals surface area (Å²) in [6, 6.07) is 79.0. The van der Waals surface area contributed by atoms with E-state index in [-0.39, 0.29) is 10.8 Å². The quantitative estimate of drug-likeness (QED) is 0.169. The van der Waals surface area contributed by atoms with Crippen molar-refractivity contribution in [2.75, 3.05) is 4.90 Å². The summed E-state index contributed by atoms with van der Waals surface area (Å²) >= 11 is 0. The molecule has 0 unspecified atom stereocenters. The number of rotatable bonds is 5. The maximum absolute atomic E-state index is 2.40. The Labute approximate surface area is 346 Å². The first-order chi connectivity index (χ1) is 29.0. The third kappa shape index (κ3) is 4.73. The number of nitrogens with zero attached hydrogens (tertiary/aromatic N) is 1. The zero-order valence-electron chi connectivity index (χ0n) is 33.2. The third-order valence-electron chi connectivity index (χ3n) is 13.5. The fourth-order valence-corrected chi connectivity index (χ4v) is 10.9. The van der Waals surface area contributed by atoms with Gasteiger partial charge < -0.3 is 4.90 Å². The van der Waals surface area contributed by atoms with Crippen molar-refractivity contribution in [1.29, 1.82) is 0 Å². The van der Waals surface area contributed by atoms with Crippen LogP contribution in [-0.2, 0) is 10.8 Å². The number of hydrogen-bond donors (Lipinski definition) is 0. The maximum atomic E-state index is 2.40. The summed E-state index contributed by atoms with van der Waals surface area (Å²) in [6.07, 6.45) is 0. The largest absolute Gasteiger partial charge is 0.310 e. The molecule has 1 spiro atoms. The van der Waals surface area contributed by atoms with E-state index >= 15 is 0 Å². The Bertz CT molecular complexity index is 3050. The molecule has 0 aliphatic heterocycles. The molecule has 0 radical (unpaired) electrons. The topological polar surface area (TPSA) is 3.24 Å². The fourth-order valence-electron chi connectivity index (χ4n) is 10.9. The molecule has 3 aliphatic carbocycles. The van der Waals surface area contributed by atoms with Crippen LogP contribution in [0.5, 0.6) is 0 Å². The third-order valence-corrected chi connectivity index (χ3v) is 13.5. The van der Waals surface area contributed by atoms with Crippen molar-refractivity contribution in [2.24, 2.45) is 0 Å². The molecule has 0 atom stereocenters. The Morgan fingerprint density at radius 1 is 0.288 bits per heavy atom. The zero-order valence-corrected chi connectivity index (χ0v) is 33.2. The van der Waals surface area contributed by atoms with Crippen LogP contribution < -0.4 is 4.90 Å². The van der Waals surface area contributed by atoms with E-state index in [2.05, 4.69) is 231 Å². The minimum absolute atomic E-state index is 0.0726. The molecule has 0 bridgehead atoms. The summed E-state index contributed by atoms with van der Waals surface area (Å²) in [5.74, 6) is 0. The molecule has 0 saturated heterocycles. The van der Waals surface area contributed by atoms with Gasteiger partial charge in [-0.05, 0) is 125 Å². The van der Waals surface area contributed by atoms with Crippen LogP contribution in [0.2, 0.25) is 0 Å². The predicted molar refractivity (Wildman–Crippen MR) is 246 cm³/mol. The van der Waals surface area contributed by atoms with Crippen LogP contribution in [0.3, 0.4) is 0 Å². The highest BCUT2D eigenvalue weighted by Crippen LogP contribution is 2.64. The van der Waals surface area contributed by atoms with E-state index in [1.807, 2.05) is 0 Å². The average Bonchev–Trinajstić information content (AvgIpc) is 3.86. The summed E-state index contributed by atoms with van der Waals surface area (Å²) in [5, 5.41) is 0. The lowest BCUT2D eigenvalue weighted by Crippen LogP contribution is -2.26. The van der Waals surface area contributed by atoms with Gasteiger partial charge in [0.2, 0.25) is 0 Å². The molecule has 0 heterocycles. The van der Waals surface area contributed by atoms with E-state index < -0.39 is 0 Å². The highest BCUT2D eigenvalue weighted by atomic mass is 15.1. The van der Waals surface area contributed by atoms with Gasteiger partial charge in [0.1, 0.15) is 0 Å². The number of para-hydroxylation sites is 1. The molecule has 9 aromatic rings. The van der Waals surface area contributed by atoms with Crippen LogP contribution in [0.1, 0.15) is 47.2 Å². The Hall–Kier alpha value is -7.22. The first-order valence-electron chi connectivity index (χ1n) is 20.8. The first-order valence-corrected chi connectivity index (χ1v) is 20.8. The summed E-state index contributed by atoms with van der Waals surface area (Å²) in [4.78, 5) is 2.38. The molecule has 59 heavy (non-hydrogen) atoms. The lowest BCUT2D eigenvalue weighted by molar-refractivity contribution is 0.660. The van der Waals surface area contributed by atoms with Gasteiger partial charge >= 0.3 is 0 Å². The van der Waals surface area contributed by atoms with E-state index in [1.165, 1.54) is 89.0 Å². The minimum atomic E-state index is -0.382. The molecule has 9 aromatic carbocycles. The smallest absolute Gasteiger partial charge is 0.0731 e. The second-order valence-corrected chi connectivity index (χ2v) is 16.8. The molecular weight excluding hydrogens is 711 g/mol. The standard InChI is InChI=1S/C58H41N/c1-57(2)51-23-10-6-17-45(51)49-36-35-43(37-55(49)57)59(41-15-4-3-5-16-41)42-33-31-39(32-34-42)38-27-29-40(30-28-38)44-21-14-22-50-48-20-9-13-26-54(48)58(56(44)50)52-24-11-7-18-46(52)47-19-8-12-25-53(47)58/h3-37H,1-2H3. The highest BCUT2D eigenvalue weighted by Gasteiger charge is 2.52. The van der Waals surface area contributed by atoms with E-state index in [9.17, 15) is 0 Å². The molecule has 0 amide bonds. The Morgan fingerprint density at radius 3 is 1.31 bits per heavy atom. The molecule has 12 rings (SSSR count). The number of fused-ring (bicyclic) bond motifs is 13. The van der Waals surface area contributed by atoms with Crippen molar-refractivity contribution in [2.45, 2.75) is 24.7 Å². The summed E-state index contributed by atoms with van der Waals surface area (Å²) in [6.45, 7) is 4.70. The van der Waals surface area contributed by atoms with E-state index in [0.29, 0.717) is 0 Å². The van der Waals surface area contributed by atoms with Gasteiger partial charge in [0, 0.05) is 22.5 Å². The summed E-state index contributed by atoms with van der Waals surface area (Å²) in [7, 11) is 0. The van der Waals surface area contributed by atoms with Crippen LogP contribution in [0.4, 0.5) is 17.1 Å². The molecule has 3 aliphatic rings. The van der Waals surface area contributed by atoms with Crippen molar-refractivity contribution < 1.29 is 0 Å². The second kappa shape index (κ2) is 12.6. The SMILES string of the molecule is CC1(C)c2ccccc2-c2ccc(N(c3ccccc3)c3ccc(-c4ccc(-c5cccc6c5C5(c7ccccc7-c7ccccc75)c5ccccc5-6)cc4)cc3)cc21.